The molecule has 1 fully saturated rings. The number of thioether (sulfide) groups is 1. The summed E-state index contributed by atoms with van der Waals surface area (Å²) in [6.07, 6.45) is 1.55. The van der Waals surface area contributed by atoms with Gasteiger partial charge in [-0.05, 0) is 48.0 Å². The Morgan fingerprint density at radius 3 is 2.81 bits per heavy atom. The van der Waals surface area contributed by atoms with E-state index in [-0.39, 0.29) is 10.5 Å². The molecule has 1 aliphatic heterocycles. The third-order valence-electron chi connectivity index (χ3n) is 3.57. The van der Waals surface area contributed by atoms with Crippen molar-refractivity contribution in [3.05, 3.63) is 29.3 Å². The van der Waals surface area contributed by atoms with Crippen LogP contribution in [-0.4, -0.2) is 37.5 Å². The van der Waals surface area contributed by atoms with Gasteiger partial charge in [-0.2, -0.15) is 11.8 Å². The van der Waals surface area contributed by atoms with Crippen LogP contribution >= 0.6 is 11.8 Å². The summed E-state index contributed by atoms with van der Waals surface area (Å²) in [5, 5.41) is 9.02. The number of nitrogens with one attached hydrogen (secondary N) is 1. The maximum atomic E-state index is 12.4. The topological polar surface area (TPSA) is 83.5 Å². The first-order chi connectivity index (χ1) is 9.94. The Morgan fingerprint density at radius 1 is 1.48 bits per heavy atom. The van der Waals surface area contributed by atoms with Crippen molar-refractivity contribution in [1.29, 1.82) is 0 Å². The van der Waals surface area contributed by atoms with Crippen molar-refractivity contribution in [3.63, 3.8) is 0 Å². The van der Waals surface area contributed by atoms with Crippen molar-refractivity contribution in [1.82, 2.24) is 4.72 Å². The Morgan fingerprint density at radius 2 is 2.24 bits per heavy atom. The lowest BCUT2D eigenvalue weighted by Crippen LogP contribution is -2.30. The number of rotatable bonds is 6. The smallest absolute Gasteiger partial charge is 0.335 e. The number of aromatic carboxylic acids is 1. The Labute approximate surface area is 129 Å². The van der Waals surface area contributed by atoms with Gasteiger partial charge in [0, 0.05) is 6.54 Å². The van der Waals surface area contributed by atoms with Crippen LogP contribution in [0.3, 0.4) is 0 Å². The van der Waals surface area contributed by atoms with Crippen molar-refractivity contribution in [2.24, 2.45) is 5.92 Å². The van der Waals surface area contributed by atoms with Crippen LogP contribution in [0.2, 0.25) is 0 Å². The van der Waals surface area contributed by atoms with E-state index in [1.165, 1.54) is 12.1 Å². The number of carbonyl (C=O) groups is 1. The summed E-state index contributed by atoms with van der Waals surface area (Å²) in [6, 6.07) is 4.25. The summed E-state index contributed by atoms with van der Waals surface area (Å²) in [5.41, 5.74) is 0.622. The zero-order valence-electron chi connectivity index (χ0n) is 11.8. The maximum absolute atomic E-state index is 12.4. The molecule has 116 valence electrons. The monoisotopic (exact) mass is 329 g/mol. The number of hydrogen-bond acceptors (Lipinski definition) is 4. The van der Waals surface area contributed by atoms with Crippen molar-refractivity contribution in [2.45, 2.75) is 24.7 Å². The molecule has 1 unspecified atom stereocenters. The van der Waals surface area contributed by atoms with Crippen molar-refractivity contribution in [2.75, 3.05) is 18.1 Å². The minimum absolute atomic E-state index is 0.0102. The Balaban J connectivity index is 2.24. The highest BCUT2D eigenvalue weighted by Gasteiger charge is 2.23. The molecule has 1 saturated heterocycles. The zero-order chi connectivity index (χ0) is 15.5. The van der Waals surface area contributed by atoms with Gasteiger partial charge in [-0.25, -0.2) is 17.9 Å². The maximum Gasteiger partial charge on any atom is 0.335 e. The van der Waals surface area contributed by atoms with E-state index >= 15 is 0 Å². The number of sulfonamides is 1. The van der Waals surface area contributed by atoms with Crippen LogP contribution in [0, 0.1) is 5.92 Å². The average molecular weight is 329 g/mol. The summed E-state index contributed by atoms with van der Waals surface area (Å²) in [6.45, 7) is 2.26. The van der Waals surface area contributed by atoms with Crippen molar-refractivity contribution >= 4 is 27.8 Å². The first-order valence-corrected chi connectivity index (χ1v) is 9.51. The van der Waals surface area contributed by atoms with Crippen LogP contribution in [0.5, 0.6) is 0 Å². The van der Waals surface area contributed by atoms with Crippen LogP contribution < -0.4 is 4.72 Å². The van der Waals surface area contributed by atoms with Gasteiger partial charge in [0.2, 0.25) is 10.0 Å². The standard InChI is InChI=1S/C14H19NO4S2/c1-2-11-3-4-12(14(16)17)7-13(11)21(18,19)15-8-10-5-6-20-9-10/h3-4,7,10,15H,2,5-6,8-9H2,1H3,(H,16,17). The van der Waals surface area contributed by atoms with Crippen LogP contribution in [0.4, 0.5) is 0 Å². The summed E-state index contributed by atoms with van der Waals surface area (Å²) in [7, 11) is -3.67. The molecular formula is C14H19NO4S2. The van der Waals surface area contributed by atoms with E-state index in [0.717, 1.165) is 17.9 Å². The molecule has 2 N–H and O–H groups in total. The molecule has 1 aliphatic rings. The van der Waals surface area contributed by atoms with E-state index in [4.69, 9.17) is 5.11 Å². The Hall–Kier alpha value is -1.05. The normalized spacial score (nSPS) is 18.8. The van der Waals surface area contributed by atoms with Crippen LogP contribution in [0.15, 0.2) is 23.1 Å². The highest BCUT2D eigenvalue weighted by Crippen LogP contribution is 2.24. The van der Waals surface area contributed by atoms with Gasteiger partial charge in [-0.1, -0.05) is 13.0 Å². The number of hydrogen-bond donors (Lipinski definition) is 2. The molecule has 1 heterocycles. The average Bonchev–Trinajstić information content (AvgIpc) is 2.98. The minimum Gasteiger partial charge on any atom is -0.478 e. The molecule has 2 rings (SSSR count). The third-order valence-corrected chi connectivity index (χ3v) is 6.31. The van der Waals surface area contributed by atoms with E-state index < -0.39 is 16.0 Å². The second-order valence-electron chi connectivity index (χ2n) is 5.06. The quantitative estimate of drug-likeness (QED) is 0.834. The lowest BCUT2D eigenvalue weighted by molar-refractivity contribution is 0.0696. The second-order valence-corrected chi connectivity index (χ2v) is 7.95. The second kappa shape index (κ2) is 6.81. The molecule has 0 aromatic heterocycles. The van der Waals surface area contributed by atoms with Crippen molar-refractivity contribution in [3.8, 4) is 0 Å². The molecule has 0 amide bonds. The summed E-state index contributed by atoms with van der Waals surface area (Å²) < 4.78 is 27.5. The van der Waals surface area contributed by atoms with E-state index in [9.17, 15) is 13.2 Å². The van der Waals surface area contributed by atoms with E-state index in [2.05, 4.69) is 4.72 Å². The number of benzene rings is 1. The molecule has 21 heavy (non-hydrogen) atoms. The predicted molar refractivity (Wildman–Crippen MR) is 83.4 cm³/mol. The highest BCUT2D eigenvalue weighted by molar-refractivity contribution is 7.99. The van der Waals surface area contributed by atoms with Gasteiger partial charge in [0.15, 0.2) is 0 Å². The number of carboxylic acid groups (broad SMARTS) is 1. The fourth-order valence-electron chi connectivity index (χ4n) is 2.28. The lowest BCUT2D eigenvalue weighted by atomic mass is 10.1. The van der Waals surface area contributed by atoms with Gasteiger partial charge in [0.1, 0.15) is 0 Å². The number of carboxylic acids is 1. The van der Waals surface area contributed by atoms with Crippen LogP contribution in [-0.2, 0) is 16.4 Å². The first kappa shape index (κ1) is 16.3. The predicted octanol–water partition coefficient (Wildman–Crippen LogP) is 1.98. The summed E-state index contributed by atoms with van der Waals surface area (Å²) >= 11 is 1.83. The van der Waals surface area contributed by atoms with Crippen LogP contribution in [0.1, 0.15) is 29.3 Å². The molecular weight excluding hydrogens is 310 g/mol. The zero-order valence-corrected chi connectivity index (χ0v) is 13.5. The Kier molecular flexibility index (Phi) is 5.29. The molecule has 0 spiro atoms. The van der Waals surface area contributed by atoms with Gasteiger partial charge in [-0.3, -0.25) is 0 Å². The fourth-order valence-corrected chi connectivity index (χ4v) is 5.01. The van der Waals surface area contributed by atoms with E-state index in [0.29, 0.717) is 24.4 Å². The molecule has 1 aromatic carbocycles. The largest absolute Gasteiger partial charge is 0.478 e. The lowest BCUT2D eigenvalue weighted by Gasteiger charge is -2.13. The minimum atomic E-state index is -3.67. The highest BCUT2D eigenvalue weighted by atomic mass is 32.2. The van der Waals surface area contributed by atoms with E-state index in [1.54, 1.807) is 6.07 Å². The van der Waals surface area contributed by atoms with Gasteiger partial charge < -0.3 is 5.11 Å². The Bertz CT molecular complexity index is 622. The third kappa shape index (κ3) is 3.99. The van der Waals surface area contributed by atoms with Crippen molar-refractivity contribution < 1.29 is 18.3 Å². The summed E-state index contributed by atoms with van der Waals surface area (Å²) in [5.74, 6) is 1.28. The molecule has 0 radical (unpaired) electrons. The summed E-state index contributed by atoms with van der Waals surface area (Å²) in [4.78, 5) is 11.1. The molecule has 7 heteroatoms. The molecule has 1 aromatic rings. The SMILES string of the molecule is CCc1ccc(C(=O)O)cc1S(=O)(=O)NCC1CCSC1. The van der Waals surface area contributed by atoms with Crippen LogP contribution in [0.25, 0.3) is 0 Å². The molecule has 0 saturated carbocycles. The van der Waals surface area contributed by atoms with Gasteiger partial charge in [0.05, 0.1) is 10.5 Å². The first-order valence-electron chi connectivity index (χ1n) is 6.87. The van der Waals surface area contributed by atoms with Gasteiger partial charge in [-0.15, -0.1) is 0 Å². The molecule has 1 atom stereocenters. The fraction of sp³-hybridized carbons (Fsp3) is 0.500. The van der Waals surface area contributed by atoms with E-state index in [1.807, 2.05) is 18.7 Å². The van der Waals surface area contributed by atoms with Gasteiger partial charge in [0.25, 0.3) is 0 Å². The number of aryl methyl sites for hydroxylation is 1. The molecule has 0 aliphatic carbocycles. The van der Waals surface area contributed by atoms with Gasteiger partial charge >= 0.3 is 5.97 Å². The molecule has 5 nitrogen and oxygen atoms in total. The molecule has 0 bridgehead atoms.